The first kappa shape index (κ1) is 23.3. The molecule has 1 aliphatic rings. The maximum absolute atomic E-state index is 13.1. The minimum Gasteiger partial charge on any atom is -0.444 e. The van der Waals surface area contributed by atoms with Gasteiger partial charge in [-0.15, -0.1) is 0 Å². The maximum Gasteiger partial charge on any atom is 0.277 e. The Morgan fingerprint density at radius 2 is 2.09 bits per heavy atom. The molecule has 1 aliphatic heterocycles. The van der Waals surface area contributed by atoms with Gasteiger partial charge in [-0.25, -0.2) is 13.8 Å². The number of halogens is 2. The predicted molar refractivity (Wildman–Crippen MR) is 121 cm³/mol. The van der Waals surface area contributed by atoms with Crippen molar-refractivity contribution < 1.29 is 22.8 Å². The summed E-state index contributed by atoms with van der Waals surface area (Å²) in [5.74, 6) is -3.03. The van der Waals surface area contributed by atoms with E-state index >= 15 is 0 Å². The number of aryl methyl sites for hydroxylation is 1. The van der Waals surface area contributed by atoms with Gasteiger partial charge in [-0.05, 0) is 12.5 Å². The molecule has 2 amide bonds. The van der Waals surface area contributed by atoms with Crippen LogP contribution in [0.5, 0.6) is 0 Å². The highest BCUT2D eigenvalue weighted by Crippen LogP contribution is 2.36. The van der Waals surface area contributed by atoms with Gasteiger partial charge in [-0.2, -0.15) is 5.10 Å². The highest BCUT2D eigenvalue weighted by Gasteiger charge is 2.41. The lowest BCUT2D eigenvalue weighted by atomic mass is 9.92. The molecule has 3 aromatic heterocycles. The fraction of sp³-hybridized carbons (Fsp3) is 0.409. The molecule has 0 aromatic carbocycles. The van der Waals surface area contributed by atoms with Crippen LogP contribution in [0.3, 0.4) is 0 Å². The molecule has 2 N–H and O–H groups in total. The number of pyridine rings is 1. The van der Waals surface area contributed by atoms with Crippen molar-refractivity contribution in [2.45, 2.75) is 33.1 Å². The van der Waals surface area contributed by atoms with Gasteiger partial charge >= 0.3 is 0 Å². The highest BCUT2D eigenvalue weighted by molar-refractivity contribution is 6.07. The highest BCUT2D eigenvalue weighted by atomic mass is 19.3. The third kappa shape index (κ3) is 4.90. The zero-order valence-corrected chi connectivity index (χ0v) is 19.2. The van der Waals surface area contributed by atoms with Crippen molar-refractivity contribution in [1.29, 1.82) is 0 Å². The molecule has 4 heterocycles. The van der Waals surface area contributed by atoms with Gasteiger partial charge in [0.15, 0.2) is 11.5 Å². The van der Waals surface area contributed by atoms with E-state index in [1.807, 2.05) is 13.8 Å². The topological polar surface area (TPSA) is 118 Å². The second-order valence-corrected chi connectivity index (χ2v) is 9.01. The van der Waals surface area contributed by atoms with Crippen molar-refractivity contribution >= 4 is 29.0 Å². The Kier molecular flexibility index (Phi) is 5.84. The number of oxazole rings is 1. The molecule has 4 rings (SSSR count). The van der Waals surface area contributed by atoms with Crippen molar-refractivity contribution in [3.05, 3.63) is 36.6 Å². The number of aromatic nitrogens is 4. The molecule has 34 heavy (non-hydrogen) atoms. The summed E-state index contributed by atoms with van der Waals surface area (Å²) in [5.41, 5.74) is 0.647. The van der Waals surface area contributed by atoms with E-state index < -0.39 is 23.8 Å². The Morgan fingerprint density at radius 1 is 1.32 bits per heavy atom. The molecule has 10 nitrogen and oxygen atoms in total. The van der Waals surface area contributed by atoms with Gasteiger partial charge in [0.05, 0.1) is 24.0 Å². The molecule has 0 radical (unpaired) electrons. The van der Waals surface area contributed by atoms with Crippen LogP contribution in [-0.2, 0) is 11.8 Å². The van der Waals surface area contributed by atoms with Gasteiger partial charge < -0.3 is 15.1 Å². The molecule has 3 aromatic rings. The fourth-order valence-corrected chi connectivity index (χ4v) is 3.54. The van der Waals surface area contributed by atoms with Gasteiger partial charge in [-0.3, -0.25) is 24.2 Å². The molecule has 0 aliphatic carbocycles. The van der Waals surface area contributed by atoms with Crippen LogP contribution in [0.25, 0.3) is 11.5 Å². The minimum absolute atomic E-state index is 0.00339. The Balaban J connectivity index is 1.50. The van der Waals surface area contributed by atoms with Crippen LogP contribution in [0.1, 0.15) is 37.7 Å². The van der Waals surface area contributed by atoms with E-state index in [2.05, 4.69) is 25.7 Å². The van der Waals surface area contributed by atoms with Gasteiger partial charge in [0.2, 0.25) is 11.8 Å². The molecular weight excluding hydrogens is 448 g/mol. The summed E-state index contributed by atoms with van der Waals surface area (Å²) in [6, 6.07) is 1.55. The lowest BCUT2D eigenvalue weighted by molar-refractivity contribution is -0.124. The Labute approximate surface area is 194 Å². The Morgan fingerprint density at radius 3 is 2.76 bits per heavy atom. The van der Waals surface area contributed by atoms with Crippen molar-refractivity contribution in [1.82, 2.24) is 19.7 Å². The largest absolute Gasteiger partial charge is 0.444 e. The van der Waals surface area contributed by atoms with Crippen LogP contribution in [0.15, 0.2) is 35.3 Å². The van der Waals surface area contributed by atoms with Crippen LogP contribution in [0.2, 0.25) is 0 Å². The summed E-state index contributed by atoms with van der Waals surface area (Å²) in [7, 11) is 1.70. The van der Waals surface area contributed by atoms with Crippen LogP contribution in [-0.4, -0.2) is 50.6 Å². The molecule has 1 fully saturated rings. The summed E-state index contributed by atoms with van der Waals surface area (Å²) in [6.07, 6.45) is 6.32. The van der Waals surface area contributed by atoms with E-state index in [1.54, 1.807) is 24.2 Å². The van der Waals surface area contributed by atoms with E-state index in [-0.39, 0.29) is 17.5 Å². The second kappa shape index (κ2) is 8.50. The molecule has 0 unspecified atom stereocenters. The van der Waals surface area contributed by atoms with E-state index in [1.165, 1.54) is 23.3 Å². The van der Waals surface area contributed by atoms with Gasteiger partial charge in [0.1, 0.15) is 12.0 Å². The van der Waals surface area contributed by atoms with E-state index in [9.17, 15) is 18.4 Å². The van der Waals surface area contributed by atoms with Crippen molar-refractivity contribution in [2.24, 2.45) is 12.5 Å². The number of carbonyl (C=O) groups excluding carboxylic acids is 2. The molecule has 0 spiro atoms. The predicted octanol–water partition coefficient (Wildman–Crippen LogP) is 3.55. The van der Waals surface area contributed by atoms with E-state index in [0.717, 1.165) is 6.92 Å². The van der Waals surface area contributed by atoms with Crippen LogP contribution in [0, 0.1) is 5.41 Å². The molecule has 180 valence electrons. The third-order valence-corrected chi connectivity index (χ3v) is 5.42. The number of carbonyl (C=O) groups is 2. The molecule has 12 heteroatoms. The summed E-state index contributed by atoms with van der Waals surface area (Å²) in [6.45, 7) is 4.51. The quantitative estimate of drug-likeness (QED) is 0.539. The van der Waals surface area contributed by atoms with Crippen molar-refractivity contribution in [3.63, 3.8) is 0 Å². The summed E-state index contributed by atoms with van der Waals surface area (Å²) >= 11 is 0. The lowest BCUT2D eigenvalue weighted by Crippen LogP contribution is -2.32. The van der Waals surface area contributed by atoms with Crippen molar-refractivity contribution in [3.8, 4) is 11.5 Å². The summed E-state index contributed by atoms with van der Waals surface area (Å²) < 4.78 is 33.1. The van der Waals surface area contributed by atoms with E-state index in [4.69, 9.17) is 4.42 Å². The van der Waals surface area contributed by atoms with Crippen LogP contribution >= 0.6 is 0 Å². The zero-order valence-electron chi connectivity index (χ0n) is 19.2. The summed E-state index contributed by atoms with van der Waals surface area (Å²) in [4.78, 5) is 35.3. The third-order valence-electron chi connectivity index (χ3n) is 5.42. The standard InChI is InChI=1S/C22H25F2N7O3/c1-21(2)5-6-31(20(21)33)17-15(10-30(4)29-17)27-18(32)16-11-34-19(28-16)13-7-14(9-25-8-13)26-12-22(3,23)24/h7-11,26H,5-6,12H2,1-4H3,(H,27,32). The number of rotatable bonds is 7. The number of hydrogen-bond donors (Lipinski definition) is 2. The van der Waals surface area contributed by atoms with Gasteiger partial charge in [0, 0.05) is 38.3 Å². The molecule has 0 atom stereocenters. The van der Waals surface area contributed by atoms with Crippen molar-refractivity contribution in [2.75, 3.05) is 28.6 Å². The lowest BCUT2D eigenvalue weighted by Gasteiger charge is -2.18. The van der Waals surface area contributed by atoms with Gasteiger partial charge in [0.25, 0.3) is 11.8 Å². The first-order chi connectivity index (χ1) is 15.9. The smallest absolute Gasteiger partial charge is 0.277 e. The summed E-state index contributed by atoms with van der Waals surface area (Å²) in [5, 5.41) is 9.68. The number of nitrogens with zero attached hydrogens (tertiary/aromatic N) is 5. The van der Waals surface area contributed by atoms with Crippen LogP contribution < -0.4 is 15.5 Å². The maximum atomic E-state index is 13.1. The van der Waals surface area contributed by atoms with E-state index in [0.29, 0.717) is 35.7 Å². The van der Waals surface area contributed by atoms with Crippen LogP contribution in [0.4, 0.5) is 26.0 Å². The Bertz CT molecular complexity index is 1230. The number of nitrogens with one attached hydrogen (secondary N) is 2. The molecule has 1 saturated heterocycles. The number of alkyl halides is 2. The number of amides is 2. The first-order valence-electron chi connectivity index (χ1n) is 10.6. The number of anilines is 3. The Hall–Kier alpha value is -3.83. The SMILES string of the molecule is Cn1cc(NC(=O)c2coc(-c3cncc(NCC(C)(F)F)c3)n2)c(N2CCC(C)(C)C2=O)n1. The molecular formula is C22H25F2N7O3. The second-order valence-electron chi connectivity index (χ2n) is 9.01. The first-order valence-corrected chi connectivity index (χ1v) is 10.6. The molecule has 0 saturated carbocycles. The normalized spacial score (nSPS) is 15.6. The number of hydrogen-bond acceptors (Lipinski definition) is 7. The zero-order chi connectivity index (χ0) is 24.7. The molecule has 0 bridgehead atoms. The van der Waals surface area contributed by atoms with Gasteiger partial charge in [-0.1, -0.05) is 13.8 Å². The average Bonchev–Trinajstić information content (AvgIpc) is 3.45. The minimum atomic E-state index is -2.88. The monoisotopic (exact) mass is 473 g/mol. The fourth-order valence-electron chi connectivity index (χ4n) is 3.54. The average molecular weight is 473 g/mol.